The van der Waals surface area contributed by atoms with Gasteiger partial charge in [-0.2, -0.15) is 0 Å². The second kappa shape index (κ2) is 8.72. The van der Waals surface area contributed by atoms with Crippen LogP contribution in [0.5, 0.6) is 5.75 Å². The smallest absolute Gasteiger partial charge is 0.316 e. The third kappa shape index (κ3) is 4.01. The van der Waals surface area contributed by atoms with Crippen LogP contribution in [0.25, 0.3) is 0 Å². The van der Waals surface area contributed by atoms with Crippen molar-refractivity contribution in [2.24, 2.45) is 17.8 Å². The standard InChI is InChI=1S/C26H23ClN2O5/c1-15-5-10-21-22(11-15)25(32)29(24(21)31)18-6-8-20(9-7-18)34-26(33)16-12-23(30)28(14-16)19-4-2-3-17(27)13-19/h2-9,13,16,21-22H,10-12,14H2,1H3/t16-,21-,22+/m0/s1. The van der Waals surface area contributed by atoms with Crippen molar-refractivity contribution in [3.8, 4) is 5.75 Å². The van der Waals surface area contributed by atoms with E-state index in [1.165, 1.54) is 9.80 Å². The van der Waals surface area contributed by atoms with E-state index in [0.29, 0.717) is 29.2 Å². The molecule has 2 saturated heterocycles. The first kappa shape index (κ1) is 22.3. The molecule has 0 radical (unpaired) electrons. The van der Waals surface area contributed by atoms with Crippen molar-refractivity contribution in [1.29, 1.82) is 0 Å². The molecule has 0 spiro atoms. The van der Waals surface area contributed by atoms with E-state index in [1.54, 1.807) is 48.5 Å². The van der Waals surface area contributed by atoms with Gasteiger partial charge in [-0.25, -0.2) is 0 Å². The third-order valence-corrected chi connectivity index (χ3v) is 6.95. The van der Waals surface area contributed by atoms with Gasteiger partial charge < -0.3 is 9.64 Å². The van der Waals surface area contributed by atoms with Gasteiger partial charge in [0.25, 0.3) is 0 Å². The lowest BCUT2D eigenvalue weighted by Gasteiger charge is -2.18. The molecule has 2 aromatic rings. The van der Waals surface area contributed by atoms with E-state index in [-0.39, 0.29) is 48.3 Å². The summed E-state index contributed by atoms with van der Waals surface area (Å²) in [6.07, 6.45) is 3.27. The van der Waals surface area contributed by atoms with Crippen LogP contribution in [0.2, 0.25) is 5.02 Å². The zero-order valence-electron chi connectivity index (χ0n) is 18.6. The molecule has 0 saturated carbocycles. The maximum atomic E-state index is 12.9. The average Bonchev–Trinajstić information content (AvgIpc) is 3.32. The van der Waals surface area contributed by atoms with Crippen LogP contribution in [0.4, 0.5) is 11.4 Å². The molecule has 0 aromatic heterocycles. The van der Waals surface area contributed by atoms with Crippen molar-refractivity contribution >= 4 is 46.7 Å². The molecular weight excluding hydrogens is 456 g/mol. The number of halogens is 1. The van der Waals surface area contributed by atoms with Gasteiger partial charge in [0.2, 0.25) is 17.7 Å². The second-order valence-electron chi connectivity index (χ2n) is 9.02. The number of esters is 1. The fourth-order valence-electron chi connectivity index (χ4n) is 4.91. The number of amides is 3. The minimum Gasteiger partial charge on any atom is -0.426 e. The summed E-state index contributed by atoms with van der Waals surface area (Å²) in [6, 6.07) is 13.2. The number of hydrogen-bond acceptors (Lipinski definition) is 5. The molecule has 3 aliphatic rings. The Balaban J connectivity index is 1.24. The second-order valence-corrected chi connectivity index (χ2v) is 9.45. The van der Waals surface area contributed by atoms with Crippen LogP contribution in [-0.4, -0.2) is 30.2 Å². The maximum Gasteiger partial charge on any atom is 0.316 e. The minimum atomic E-state index is -0.605. The number of ether oxygens (including phenoxy) is 1. The van der Waals surface area contributed by atoms with Gasteiger partial charge in [-0.3, -0.25) is 24.1 Å². The molecule has 0 bridgehead atoms. The van der Waals surface area contributed by atoms with Crippen LogP contribution in [0.15, 0.2) is 60.2 Å². The Morgan fingerprint density at radius 2 is 1.71 bits per heavy atom. The lowest BCUT2D eigenvalue weighted by Crippen LogP contribution is -2.30. The summed E-state index contributed by atoms with van der Waals surface area (Å²) in [4.78, 5) is 53.6. The first-order chi connectivity index (χ1) is 16.3. The number of benzene rings is 2. The fraction of sp³-hybridized carbons (Fsp3) is 0.308. The van der Waals surface area contributed by atoms with Gasteiger partial charge >= 0.3 is 5.97 Å². The van der Waals surface area contributed by atoms with Gasteiger partial charge in [0.15, 0.2) is 0 Å². The summed E-state index contributed by atoms with van der Waals surface area (Å²) in [5.74, 6) is -1.98. The van der Waals surface area contributed by atoms with E-state index in [4.69, 9.17) is 16.3 Å². The van der Waals surface area contributed by atoms with E-state index < -0.39 is 11.9 Å². The van der Waals surface area contributed by atoms with Crippen LogP contribution < -0.4 is 14.5 Å². The molecule has 7 nitrogen and oxygen atoms in total. The van der Waals surface area contributed by atoms with Crippen molar-refractivity contribution in [3.63, 3.8) is 0 Å². The number of hydrogen-bond donors (Lipinski definition) is 0. The van der Waals surface area contributed by atoms with E-state index in [2.05, 4.69) is 0 Å². The Morgan fingerprint density at radius 3 is 2.44 bits per heavy atom. The molecule has 2 heterocycles. The Labute approximate surface area is 201 Å². The van der Waals surface area contributed by atoms with Gasteiger partial charge in [-0.1, -0.05) is 29.3 Å². The predicted molar refractivity (Wildman–Crippen MR) is 126 cm³/mol. The van der Waals surface area contributed by atoms with Crippen molar-refractivity contribution in [2.45, 2.75) is 26.2 Å². The first-order valence-corrected chi connectivity index (χ1v) is 11.6. The zero-order valence-corrected chi connectivity index (χ0v) is 19.3. The summed E-state index contributed by atoms with van der Waals surface area (Å²) in [6.45, 7) is 2.19. The largest absolute Gasteiger partial charge is 0.426 e. The number of nitrogens with zero attached hydrogens (tertiary/aromatic N) is 2. The Morgan fingerprint density at radius 1 is 0.971 bits per heavy atom. The number of carbonyl (C=O) groups is 4. The van der Waals surface area contributed by atoms with E-state index in [1.807, 2.05) is 13.0 Å². The lowest BCUT2D eigenvalue weighted by molar-refractivity contribution is -0.139. The molecular formula is C26H23ClN2O5. The van der Waals surface area contributed by atoms with Crippen LogP contribution in [0, 0.1) is 17.8 Å². The average molecular weight is 479 g/mol. The highest BCUT2D eigenvalue weighted by Gasteiger charge is 2.48. The molecule has 0 unspecified atom stereocenters. The van der Waals surface area contributed by atoms with Gasteiger partial charge in [-0.15, -0.1) is 0 Å². The molecule has 2 fully saturated rings. The number of imide groups is 1. The Hall–Kier alpha value is -3.45. The molecule has 174 valence electrons. The van der Waals surface area contributed by atoms with E-state index >= 15 is 0 Å². The normalized spacial score (nSPS) is 24.4. The highest BCUT2D eigenvalue weighted by atomic mass is 35.5. The summed E-state index contributed by atoms with van der Waals surface area (Å²) in [5.41, 5.74) is 2.24. The number of allylic oxidation sites excluding steroid dienone is 2. The SMILES string of the molecule is CC1=CC[C@@H]2C(=O)N(c3ccc(OC(=O)[C@H]4CC(=O)N(c5cccc(Cl)c5)C4)cc3)C(=O)[C@@H]2C1. The molecule has 2 aliphatic heterocycles. The van der Waals surface area contributed by atoms with Crippen LogP contribution in [0.3, 0.4) is 0 Å². The van der Waals surface area contributed by atoms with Gasteiger partial charge in [0.1, 0.15) is 5.75 Å². The quantitative estimate of drug-likeness (QED) is 0.285. The Kier molecular flexibility index (Phi) is 5.73. The molecule has 34 heavy (non-hydrogen) atoms. The highest BCUT2D eigenvalue weighted by Crippen LogP contribution is 2.40. The topological polar surface area (TPSA) is 84.0 Å². The monoisotopic (exact) mass is 478 g/mol. The molecule has 3 amide bonds. The molecule has 5 rings (SSSR count). The van der Waals surface area contributed by atoms with Crippen LogP contribution in [-0.2, 0) is 19.2 Å². The number of anilines is 2. The fourth-order valence-corrected chi connectivity index (χ4v) is 5.10. The Bertz CT molecular complexity index is 1220. The lowest BCUT2D eigenvalue weighted by atomic mass is 9.82. The minimum absolute atomic E-state index is 0.0520. The van der Waals surface area contributed by atoms with Gasteiger partial charge in [0, 0.05) is 23.7 Å². The highest BCUT2D eigenvalue weighted by molar-refractivity contribution is 6.31. The summed E-state index contributed by atoms with van der Waals surface area (Å²) in [5, 5.41) is 0.511. The van der Waals surface area contributed by atoms with Gasteiger partial charge in [0.05, 0.1) is 23.4 Å². The third-order valence-electron chi connectivity index (χ3n) is 6.71. The maximum absolute atomic E-state index is 12.9. The summed E-state index contributed by atoms with van der Waals surface area (Å²) >= 11 is 6.02. The summed E-state index contributed by atoms with van der Waals surface area (Å²) in [7, 11) is 0. The van der Waals surface area contributed by atoms with Crippen LogP contribution >= 0.6 is 11.6 Å². The molecule has 0 N–H and O–H groups in total. The predicted octanol–water partition coefficient (Wildman–Crippen LogP) is 4.14. The van der Waals surface area contributed by atoms with Crippen molar-refractivity contribution < 1.29 is 23.9 Å². The molecule has 8 heteroatoms. The number of fused-ring (bicyclic) bond motifs is 1. The molecule has 2 aromatic carbocycles. The first-order valence-electron chi connectivity index (χ1n) is 11.2. The summed E-state index contributed by atoms with van der Waals surface area (Å²) < 4.78 is 5.49. The zero-order chi connectivity index (χ0) is 24.0. The van der Waals surface area contributed by atoms with Crippen LogP contribution in [0.1, 0.15) is 26.2 Å². The molecule has 1 aliphatic carbocycles. The number of carbonyl (C=O) groups excluding carboxylic acids is 4. The van der Waals surface area contributed by atoms with E-state index in [0.717, 1.165) is 5.57 Å². The number of rotatable bonds is 4. The van der Waals surface area contributed by atoms with Gasteiger partial charge in [-0.05, 0) is 62.2 Å². The van der Waals surface area contributed by atoms with Crippen molar-refractivity contribution in [3.05, 3.63) is 65.2 Å². The van der Waals surface area contributed by atoms with E-state index in [9.17, 15) is 19.2 Å². The van der Waals surface area contributed by atoms with Crippen molar-refractivity contribution in [1.82, 2.24) is 0 Å². The molecule has 3 atom stereocenters. The van der Waals surface area contributed by atoms with Crippen molar-refractivity contribution in [2.75, 3.05) is 16.3 Å².